The number of ether oxygens (including phenoxy) is 2. The van der Waals surface area contributed by atoms with Crippen LogP contribution < -0.4 is 20.1 Å². The Bertz CT molecular complexity index is 687. The molecule has 0 bridgehead atoms. The van der Waals surface area contributed by atoms with E-state index in [-0.39, 0.29) is 24.8 Å². The van der Waals surface area contributed by atoms with E-state index >= 15 is 0 Å². The van der Waals surface area contributed by atoms with E-state index in [1.807, 2.05) is 61.5 Å². The summed E-state index contributed by atoms with van der Waals surface area (Å²) in [5, 5.41) is 5.42. The van der Waals surface area contributed by atoms with Crippen molar-refractivity contribution < 1.29 is 19.1 Å². The monoisotopic (exact) mass is 356 g/mol. The highest BCUT2D eigenvalue weighted by molar-refractivity contribution is 5.78. The first-order valence-corrected chi connectivity index (χ1v) is 8.54. The summed E-state index contributed by atoms with van der Waals surface area (Å²) in [6.07, 6.45) is 0.263. The molecule has 2 N–H and O–H groups in total. The van der Waals surface area contributed by atoms with Crippen LogP contribution in [0.15, 0.2) is 54.6 Å². The lowest BCUT2D eigenvalue weighted by Crippen LogP contribution is -2.37. The first-order valence-electron chi connectivity index (χ1n) is 8.54. The Morgan fingerprint density at radius 1 is 0.808 bits per heavy atom. The Labute approximate surface area is 153 Å². The third kappa shape index (κ3) is 7.70. The summed E-state index contributed by atoms with van der Waals surface area (Å²) in [5.41, 5.74) is 1.13. The van der Waals surface area contributed by atoms with Gasteiger partial charge in [-0.05, 0) is 31.2 Å². The van der Waals surface area contributed by atoms with Crippen molar-refractivity contribution >= 4 is 11.8 Å². The largest absolute Gasteiger partial charge is 0.493 e. The van der Waals surface area contributed by atoms with Gasteiger partial charge in [0.15, 0.2) is 6.61 Å². The van der Waals surface area contributed by atoms with Crippen LogP contribution in [0.5, 0.6) is 11.5 Å². The first kappa shape index (κ1) is 19.3. The number of rotatable bonds is 10. The number of aryl methyl sites for hydroxylation is 1. The van der Waals surface area contributed by atoms with Gasteiger partial charge in [0, 0.05) is 13.1 Å². The molecule has 2 amide bonds. The number of para-hydroxylation sites is 1. The molecule has 0 atom stereocenters. The Hall–Kier alpha value is -3.02. The van der Waals surface area contributed by atoms with E-state index in [4.69, 9.17) is 9.47 Å². The second-order valence-corrected chi connectivity index (χ2v) is 5.71. The molecule has 2 rings (SSSR count). The minimum Gasteiger partial charge on any atom is -0.493 e. The van der Waals surface area contributed by atoms with Crippen molar-refractivity contribution in [2.75, 3.05) is 26.3 Å². The molecule has 0 heterocycles. The van der Waals surface area contributed by atoms with Crippen molar-refractivity contribution in [3.8, 4) is 11.5 Å². The van der Waals surface area contributed by atoms with Crippen LogP contribution in [-0.4, -0.2) is 38.1 Å². The van der Waals surface area contributed by atoms with E-state index in [1.165, 1.54) is 0 Å². The quantitative estimate of drug-likeness (QED) is 0.639. The standard InChI is InChI=1S/C20H24N2O4/c1-16-7-9-18(10-8-16)26-15-20(24)22-13-12-21-19(23)11-14-25-17-5-3-2-4-6-17/h2-10H,11-15H2,1H3,(H,21,23)(H,22,24). The van der Waals surface area contributed by atoms with E-state index in [2.05, 4.69) is 10.6 Å². The molecule has 0 radical (unpaired) electrons. The molecule has 0 aliphatic heterocycles. The Kier molecular flexibility index (Phi) is 7.99. The maximum Gasteiger partial charge on any atom is 0.258 e. The third-order valence-corrected chi connectivity index (χ3v) is 3.50. The van der Waals surface area contributed by atoms with Crippen molar-refractivity contribution in [2.45, 2.75) is 13.3 Å². The van der Waals surface area contributed by atoms with Crippen LogP contribution in [0, 0.1) is 6.92 Å². The molecule has 0 aliphatic carbocycles. The van der Waals surface area contributed by atoms with Crippen LogP contribution in [0.2, 0.25) is 0 Å². The smallest absolute Gasteiger partial charge is 0.258 e. The highest BCUT2D eigenvalue weighted by Crippen LogP contribution is 2.11. The maximum absolute atomic E-state index is 11.7. The van der Waals surface area contributed by atoms with Crippen molar-refractivity contribution in [1.82, 2.24) is 10.6 Å². The van der Waals surface area contributed by atoms with Gasteiger partial charge in [-0.1, -0.05) is 35.9 Å². The number of amides is 2. The van der Waals surface area contributed by atoms with E-state index < -0.39 is 0 Å². The van der Waals surface area contributed by atoms with E-state index in [0.29, 0.717) is 25.4 Å². The van der Waals surface area contributed by atoms with Crippen LogP contribution in [-0.2, 0) is 9.59 Å². The summed E-state index contributed by atoms with van der Waals surface area (Å²) >= 11 is 0. The average Bonchev–Trinajstić information content (AvgIpc) is 2.66. The van der Waals surface area contributed by atoms with Crippen molar-refractivity contribution in [2.24, 2.45) is 0 Å². The summed E-state index contributed by atoms with van der Waals surface area (Å²) in [6, 6.07) is 16.8. The summed E-state index contributed by atoms with van der Waals surface area (Å²) in [7, 11) is 0. The predicted octanol–water partition coefficient (Wildman–Crippen LogP) is 2.08. The minimum absolute atomic E-state index is 0.0536. The fraction of sp³-hybridized carbons (Fsp3) is 0.300. The summed E-state index contributed by atoms with van der Waals surface area (Å²) in [4.78, 5) is 23.4. The molecule has 0 saturated carbocycles. The Balaban J connectivity index is 1.50. The van der Waals surface area contributed by atoms with Gasteiger partial charge in [-0.2, -0.15) is 0 Å². The molecular formula is C20H24N2O4. The Morgan fingerprint density at radius 3 is 2.12 bits per heavy atom. The van der Waals surface area contributed by atoms with E-state index in [0.717, 1.165) is 11.3 Å². The zero-order valence-corrected chi connectivity index (χ0v) is 14.9. The molecule has 0 unspecified atom stereocenters. The van der Waals surface area contributed by atoms with Crippen LogP contribution in [0.3, 0.4) is 0 Å². The highest BCUT2D eigenvalue weighted by Gasteiger charge is 2.04. The first-order chi connectivity index (χ1) is 12.6. The average molecular weight is 356 g/mol. The normalized spacial score (nSPS) is 10.0. The molecule has 0 aliphatic rings. The second-order valence-electron chi connectivity index (χ2n) is 5.71. The van der Waals surface area contributed by atoms with Crippen LogP contribution in [0.1, 0.15) is 12.0 Å². The van der Waals surface area contributed by atoms with Crippen molar-refractivity contribution in [3.05, 3.63) is 60.2 Å². The van der Waals surface area contributed by atoms with E-state index in [1.54, 1.807) is 0 Å². The highest BCUT2D eigenvalue weighted by atomic mass is 16.5. The molecule has 0 fully saturated rings. The van der Waals surface area contributed by atoms with Gasteiger partial charge < -0.3 is 20.1 Å². The summed E-state index contributed by atoms with van der Waals surface area (Å²) in [5.74, 6) is 1.04. The number of benzene rings is 2. The number of carbonyl (C=O) groups is 2. The van der Waals surface area contributed by atoms with Gasteiger partial charge >= 0.3 is 0 Å². The van der Waals surface area contributed by atoms with Crippen molar-refractivity contribution in [3.63, 3.8) is 0 Å². The summed E-state index contributed by atoms with van der Waals surface area (Å²) in [6.45, 7) is 2.95. The van der Waals surface area contributed by atoms with Gasteiger partial charge in [0.1, 0.15) is 11.5 Å². The lowest BCUT2D eigenvalue weighted by molar-refractivity contribution is -0.124. The SMILES string of the molecule is Cc1ccc(OCC(=O)NCCNC(=O)CCOc2ccccc2)cc1. The number of hydrogen-bond donors (Lipinski definition) is 2. The lowest BCUT2D eigenvalue weighted by atomic mass is 10.2. The molecule has 138 valence electrons. The van der Waals surface area contributed by atoms with Crippen molar-refractivity contribution in [1.29, 1.82) is 0 Å². The van der Waals surface area contributed by atoms with Crippen LogP contribution in [0.25, 0.3) is 0 Å². The number of hydrogen-bond acceptors (Lipinski definition) is 4. The van der Waals surface area contributed by atoms with Gasteiger partial charge in [-0.25, -0.2) is 0 Å². The topological polar surface area (TPSA) is 76.7 Å². The van der Waals surface area contributed by atoms with Gasteiger partial charge in [-0.15, -0.1) is 0 Å². The fourth-order valence-corrected chi connectivity index (χ4v) is 2.10. The molecular weight excluding hydrogens is 332 g/mol. The molecule has 6 heteroatoms. The van der Waals surface area contributed by atoms with Gasteiger partial charge in [0.25, 0.3) is 5.91 Å². The molecule has 0 spiro atoms. The minimum atomic E-state index is -0.229. The van der Waals surface area contributed by atoms with Crippen LogP contribution in [0.4, 0.5) is 0 Å². The zero-order valence-electron chi connectivity index (χ0n) is 14.9. The lowest BCUT2D eigenvalue weighted by Gasteiger charge is -2.09. The summed E-state index contributed by atoms with van der Waals surface area (Å²) < 4.78 is 10.8. The zero-order chi connectivity index (χ0) is 18.6. The van der Waals surface area contributed by atoms with E-state index in [9.17, 15) is 9.59 Å². The van der Waals surface area contributed by atoms with Gasteiger partial charge in [0.05, 0.1) is 13.0 Å². The van der Waals surface area contributed by atoms with Gasteiger partial charge in [0.2, 0.25) is 5.91 Å². The van der Waals surface area contributed by atoms with Gasteiger partial charge in [-0.3, -0.25) is 9.59 Å². The molecule has 2 aromatic carbocycles. The van der Waals surface area contributed by atoms with Crippen LogP contribution >= 0.6 is 0 Å². The second kappa shape index (κ2) is 10.8. The Morgan fingerprint density at radius 2 is 1.42 bits per heavy atom. The number of carbonyl (C=O) groups excluding carboxylic acids is 2. The molecule has 0 saturated heterocycles. The number of nitrogens with one attached hydrogen (secondary N) is 2. The third-order valence-electron chi connectivity index (χ3n) is 3.50. The molecule has 2 aromatic rings. The molecule has 0 aromatic heterocycles. The molecule has 6 nitrogen and oxygen atoms in total. The predicted molar refractivity (Wildman–Crippen MR) is 99.2 cm³/mol. The molecule has 26 heavy (non-hydrogen) atoms. The fourth-order valence-electron chi connectivity index (χ4n) is 2.10. The maximum atomic E-state index is 11.7.